The third kappa shape index (κ3) is 6.69. The Kier molecular flexibility index (Phi) is 7.70. The smallest absolute Gasteiger partial charge is 0.0587 e. The average molecular weight is 298 g/mol. The third-order valence-corrected chi connectivity index (χ3v) is 5.51. The summed E-state index contributed by atoms with van der Waals surface area (Å²) in [7, 11) is 1.78. The molecule has 0 bridgehead atoms. The van der Waals surface area contributed by atoms with E-state index in [0.717, 1.165) is 25.0 Å². The first-order valence-electron chi connectivity index (χ1n) is 8.99. The summed E-state index contributed by atoms with van der Waals surface area (Å²) in [5.74, 6) is 1.73. The zero-order chi connectivity index (χ0) is 15.9. The second-order valence-corrected chi connectivity index (χ2v) is 8.74. The minimum Gasteiger partial charge on any atom is -0.383 e. The monoisotopic (exact) mass is 297 g/mol. The van der Waals surface area contributed by atoms with Crippen LogP contribution in [0.1, 0.15) is 73.1 Å². The molecule has 0 spiro atoms. The number of methoxy groups -OCH3 is 1. The molecule has 1 N–H and O–H groups in total. The molecule has 21 heavy (non-hydrogen) atoms. The van der Waals surface area contributed by atoms with Crippen LogP contribution in [0, 0.1) is 22.7 Å². The maximum Gasteiger partial charge on any atom is 0.0587 e. The summed E-state index contributed by atoms with van der Waals surface area (Å²) >= 11 is 0. The van der Waals surface area contributed by atoms with Gasteiger partial charge in [-0.2, -0.15) is 0 Å². The molecule has 1 fully saturated rings. The van der Waals surface area contributed by atoms with Crippen molar-refractivity contribution in [2.75, 3.05) is 26.8 Å². The van der Waals surface area contributed by atoms with Gasteiger partial charge in [-0.3, -0.25) is 0 Å². The van der Waals surface area contributed by atoms with E-state index in [2.05, 4.69) is 39.9 Å². The van der Waals surface area contributed by atoms with Crippen molar-refractivity contribution in [3.05, 3.63) is 0 Å². The summed E-state index contributed by atoms with van der Waals surface area (Å²) in [6.07, 6.45) is 8.39. The van der Waals surface area contributed by atoms with Gasteiger partial charge in [0.25, 0.3) is 0 Å². The maximum atomic E-state index is 5.16. The Labute approximate surface area is 133 Å². The van der Waals surface area contributed by atoms with Crippen LogP contribution in [0.15, 0.2) is 0 Å². The molecule has 126 valence electrons. The quantitative estimate of drug-likeness (QED) is 0.645. The van der Waals surface area contributed by atoms with Gasteiger partial charge in [-0.1, -0.05) is 41.0 Å². The highest BCUT2D eigenvalue weighted by atomic mass is 16.5. The highest BCUT2D eigenvalue weighted by molar-refractivity contribution is 4.90. The highest BCUT2D eigenvalue weighted by Crippen LogP contribution is 2.47. The Morgan fingerprint density at radius 3 is 2.29 bits per heavy atom. The van der Waals surface area contributed by atoms with Crippen LogP contribution in [-0.4, -0.2) is 26.8 Å². The molecule has 1 aliphatic carbocycles. The van der Waals surface area contributed by atoms with Gasteiger partial charge in [0, 0.05) is 20.2 Å². The molecule has 0 amide bonds. The molecule has 2 heteroatoms. The molecule has 0 radical (unpaired) electrons. The Hall–Kier alpha value is -0.0800. The predicted molar refractivity (Wildman–Crippen MR) is 92.7 cm³/mol. The van der Waals surface area contributed by atoms with Crippen LogP contribution in [0.3, 0.4) is 0 Å². The van der Waals surface area contributed by atoms with Gasteiger partial charge in [0.15, 0.2) is 0 Å². The summed E-state index contributed by atoms with van der Waals surface area (Å²) in [4.78, 5) is 0. The predicted octanol–water partition coefficient (Wildman–Crippen LogP) is 4.88. The van der Waals surface area contributed by atoms with E-state index in [1.807, 2.05) is 0 Å². The van der Waals surface area contributed by atoms with Gasteiger partial charge in [-0.15, -0.1) is 0 Å². The molecule has 1 saturated carbocycles. The second-order valence-electron chi connectivity index (χ2n) is 8.74. The lowest BCUT2D eigenvalue weighted by molar-refractivity contribution is 0.0736. The van der Waals surface area contributed by atoms with Crippen molar-refractivity contribution >= 4 is 0 Å². The average Bonchev–Trinajstić information content (AvgIpc) is 2.41. The zero-order valence-electron chi connectivity index (χ0n) is 15.4. The molecule has 0 aliphatic heterocycles. The summed E-state index contributed by atoms with van der Waals surface area (Å²) in [5.41, 5.74) is 1.02. The van der Waals surface area contributed by atoms with Crippen molar-refractivity contribution in [3.63, 3.8) is 0 Å². The van der Waals surface area contributed by atoms with E-state index in [1.165, 1.54) is 45.1 Å². The molecule has 0 aromatic rings. The van der Waals surface area contributed by atoms with Crippen LogP contribution in [0.2, 0.25) is 0 Å². The number of nitrogens with one attached hydrogen (secondary N) is 1. The summed E-state index contributed by atoms with van der Waals surface area (Å²) in [6.45, 7) is 14.9. The van der Waals surface area contributed by atoms with Crippen molar-refractivity contribution < 1.29 is 4.74 Å². The molecule has 1 aliphatic rings. The summed E-state index contributed by atoms with van der Waals surface area (Å²) in [6, 6.07) is 0. The van der Waals surface area contributed by atoms with Gasteiger partial charge >= 0.3 is 0 Å². The number of hydrogen-bond acceptors (Lipinski definition) is 2. The van der Waals surface area contributed by atoms with Crippen LogP contribution in [0.4, 0.5) is 0 Å². The molecule has 0 unspecified atom stereocenters. The topological polar surface area (TPSA) is 21.3 Å². The van der Waals surface area contributed by atoms with E-state index in [9.17, 15) is 0 Å². The van der Waals surface area contributed by atoms with E-state index in [1.54, 1.807) is 7.11 Å². The number of rotatable bonds is 8. The van der Waals surface area contributed by atoms with Crippen molar-refractivity contribution in [1.29, 1.82) is 0 Å². The van der Waals surface area contributed by atoms with E-state index >= 15 is 0 Å². The first kappa shape index (κ1) is 19.0. The first-order chi connectivity index (χ1) is 9.79. The Balaban J connectivity index is 2.54. The van der Waals surface area contributed by atoms with E-state index < -0.39 is 0 Å². The van der Waals surface area contributed by atoms with Gasteiger partial charge in [0.2, 0.25) is 0 Å². The van der Waals surface area contributed by atoms with Crippen molar-refractivity contribution in [2.24, 2.45) is 22.7 Å². The second kappa shape index (κ2) is 8.53. The molecule has 0 saturated heterocycles. The summed E-state index contributed by atoms with van der Waals surface area (Å²) < 4.78 is 5.16. The molecule has 0 heterocycles. The van der Waals surface area contributed by atoms with Crippen LogP contribution >= 0.6 is 0 Å². The number of ether oxygens (including phenoxy) is 1. The van der Waals surface area contributed by atoms with Crippen LogP contribution < -0.4 is 5.32 Å². The first-order valence-corrected chi connectivity index (χ1v) is 8.99. The van der Waals surface area contributed by atoms with Crippen molar-refractivity contribution in [2.45, 2.75) is 73.1 Å². The highest BCUT2D eigenvalue weighted by Gasteiger charge is 2.38. The minimum absolute atomic E-state index is 0.480. The van der Waals surface area contributed by atoms with E-state index in [4.69, 9.17) is 4.74 Å². The van der Waals surface area contributed by atoms with Gasteiger partial charge in [-0.05, 0) is 54.8 Å². The SMILES string of the molecule is COCCNCC1(CCC(C)C)CCC(C(C)(C)C)CC1. The lowest BCUT2D eigenvalue weighted by atomic mass is 9.62. The van der Waals surface area contributed by atoms with Gasteiger partial charge in [0.1, 0.15) is 0 Å². The van der Waals surface area contributed by atoms with Crippen molar-refractivity contribution in [1.82, 2.24) is 5.32 Å². The molecule has 0 aromatic heterocycles. The van der Waals surface area contributed by atoms with Crippen LogP contribution in [-0.2, 0) is 4.74 Å². The van der Waals surface area contributed by atoms with Crippen LogP contribution in [0.25, 0.3) is 0 Å². The molecule has 1 rings (SSSR count). The van der Waals surface area contributed by atoms with Crippen LogP contribution in [0.5, 0.6) is 0 Å². The Morgan fingerprint density at radius 2 is 1.81 bits per heavy atom. The molecular formula is C19H39NO. The largest absolute Gasteiger partial charge is 0.383 e. The van der Waals surface area contributed by atoms with Crippen molar-refractivity contribution in [3.8, 4) is 0 Å². The zero-order valence-corrected chi connectivity index (χ0v) is 15.4. The van der Waals surface area contributed by atoms with Gasteiger partial charge in [-0.25, -0.2) is 0 Å². The Bertz CT molecular complexity index is 272. The van der Waals surface area contributed by atoms with E-state index in [0.29, 0.717) is 10.8 Å². The summed E-state index contributed by atoms with van der Waals surface area (Å²) in [5, 5.41) is 3.65. The lowest BCUT2D eigenvalue weighted by Gasteiger charge is -2.45. The molecule has 2 nitrogen and oxygen atoms in total. The molecule has 0 aromatic carbocycles. The third-order valence-electron chi connectivity index (χ3n) is 5.51. The Morgan fingerprint density at radius 1 is 1.19 bits per heavy atom. The fourth-order valence-electron chi connectivity index (χ4n) is 3.73. The lowest BCUT2D eigenvalue weighted by Crippen LogP contribution is -2.40. The van der Waals surface area contributed by atoms with Gasteiger partial charge in [0.05, 0.1) is 6.61 Å². The fraction of sp³-hybridized carbons (Fsp3) is 1.00. The van der Waals surface area contributed by atoms with Gasteiger partial charge < -0.3 is 10.1 Å². The maximum absolute atomic E-state index is 5.16. The number of hydrogen-bond donors (Lipinski definition) is 1. The normalized spacial score (nSPS) is 27.3. The standard InChI is InChI=1S/C19H39NO/c1-16(2)7-10-19(15-20-13-14-21-6)11-8-17(9-12-19)18(3,4)5/h16-17,20H,7-15H2,1-6H3. The minimum atomic E-state index is 0.480. The van der Waals surface area contributed by atoms with E-state index in [-0.39, 0.29) is 0 Å². The molecule has 0 atom stereocenters. The fourth-order valence-corrected chi connectivity index (χ4v) is 3.73. The molecular weight excluding hydrogens is 258 g/mol.